The Bertz CT molecular complexity index is 547. The summed E-state index contributed by atoms with van der Waals surface area (Å²) in [6.07, 6.45) is 0. The molecule has 6 nitrogen and oxygen atoms in total. The predicted molar refractivity (Wildman–Crippen MR) is 69.2 cm³/mol. The Morgan fingerprint density at radius 1 is 1.26 bits per heavy atom. The Labute approximate surface area is 112 Å². The first-order valence-electron chi connectivity index (χ1n) is 5.93. The third kappa shape index (κ3) is 3.52. The Balaban J connectivity index is 2.12. The topological polar surface area (TPSA) is 82.4 Å². The van der Waals surface area contributed by atoms with Gasteiger partial charge in [-0.15, -0.1) is 0 Å². The van der Waals surface area contributed by atoms with E-state index < -0.39 is 16.3 Å². The zero-order chi connectivity index (χ0) is 13.7. The van der Waals surface area contributed by atoms with Crippen LogP contribution in [0.25, 0.3) is 0 Å². The summed E-state index contributed by atoms with van der Waals surface area (Å²) in [7, 11) is -3.66. The normalized spacial score (nSPS) is 18.7. The molecule has 1 N–H and O–H groups in total. The first-order chi connectivity index (χ1) is 9.13. The number of nitrogens with one attached hydrogen (secondary N) is 1. The first kappa shape index (κ1) is 14.0. The molecule has 1 aromatic carbocycles. The number of morpholine rings is 1. The summed E-state index contributed by atoms with van der Waals surface area (Å²) >= 11 is 0. The maximum Gasteiger partial charge on any atom is 0.281 e. The van der Waals surface area contributed by atoms with Crippen molar-refractivity contribution in [1.82, 2.24) is 9.03 Å². The van der Waals surface area contributed by atoms with Crippen molar-refractivity contribution >= 4 is 10.2 Å². The van der Waals surface area contributed by atoms with E-state index in [1.807, 2.05) is 12.1 Å². The summed E-state index contributed by atoms with van der Waals surface area (Å²) in [4.78, 5) is 0. The van der Waals surface area contributed by atoms with Crippen LogP contribution < -0.4 is 4.72 Å². The molecule has 1 unspecified atom stereocenters. The third-order valence-corrected chi connectivity index (χ3v) is 4.42. The molecule has 19 heavy (non-hydrogen) atoms. The molecule has 0 amide bonds. The highest BCUT2D eigenvalue weighted by Crippen LogP contribution is 2.14. The fourth-order valence-electron chi connectivity index (χ4n) is 1.82. The second-order valence-electron chi connectivity index (χ2n) is 4.11. The van der Waals surface area contributed by atoms with E-state index >= 15 is 0 Å². The van der Waals surface area contributed by atoms with E-state index in [1.165, 1.54) is 4.31 Å². The molecule has 1 saturated heterocycles. The van der Waals surface area contributed by atoms with Gasteiger partial charge in [0, 0.05) is 13.1 Å². The summed E-state index contributed by atoms with van der Waals surface area (Å²) in [5.74, 6) is 0. The smallest absolute Gasteiger partial charge is 0.281 e. The molecule has 1 aliphatic rings. The summed E-state index contributed by atoms with van der Waals surface area (Å²) in [6.45, 7) is 1.37. The second kappa shape index (κ2) is 6.12. The maximum atomic E-state index is 12.1. The van der Waals surface area contributed by atoms with Gasteiger partial charge in [-0.05, 0) is 5.56 Å². The van der Waals surface area contributed by atoms with Gasteiger partial charge in [-0.2, -0.15) is 22.7 Å². The quantitative estimate of drug-likeness (QED) is 0.867. The lowest BCUT2D eigenvalue weighted by atomic mass is 10.1. The van der Waals surface area contributed by atoms with Gasteiger partial charge >= 0.3 is 0 Å². The maximum absolute atomic E-state index is 12.1. The van der Waals surface area contributed by atoms with Crippen molar-refractivity contribution in [1.29, 1.82) is 5.26 Å². The molecule has 0 bridgehead atoms. The molecule has 1 fully saturated rings. The van der Waals surface area contributed by atoms with Gasteiger partial charge in [-0.25, -0.2) is 0 Å². The molecule has 1 aliphatic heterocycles. The molecule has 1 heterocycles. The minimum Gasteiger partial charge on any atom is -0.379 e. The van der Waals surface area contributed by atoms with Crippen molar-refractivity contribution in [3.05, 3.63) is 35.9 Å². The highest BCUT2D eigenvalue weighted by Gasteiger charge is 2.27. The van der Waals surface area contributed by atoms with Crippen molar-refractivity contribution in [2.75, 3.05) is 26.3 Å². The van der Waals surface area contributed by atoms with Crippen LogP contribution in [0.15, 0.2) is 30.3 Å². The first-order valence-corrected chi connectivity index (χ1v) is 7.37. The van der Waals surface area contributed by atoms with Crippen LogP contribution in [0.2, 0.25) is 0 Å². The number of rotatable bonds is 4. The fourth-order valence-corrected chi connectivity index (χ4v) is 3.09. The number of hydrogen-bond acceptors (Lipinski definition) is 4. The molecule has 0 saturated carbocycles. The van der Waals surface area contributed by atoms with E-state index in [1.54, 1.807) is 24.3 Å². The Morgan fingerprint density at radius 2 is 1.89 bits per heavy atom. The number of hydrogen-bond donors (Lipinski definition) is 1. The van der Waals surface area contributed by atoms with Gasteiger partial charge in [0.15, 0.2) is 0 Å². The Hall–Kier alpha value is -1.46. The van der Waals surface area contributed by atoms with Crippen LogP contribution >= 0.6 is 0 Å². The number of nitriles is 1. The summed E-state index contributed by atoms with van der Waals surface area (Å²) in [6, 6.07) is 9.87. The molecule has 7 heteroatoms. The van der Waals surface area contributed by atoms with Crippen molar-refractivity contribution in [2.45, 2.75) is 6.04 Å². The number of benzene rings is 1. The second-order valence-corrected chi connectivity index (χ2v) is 5.81. The van der Waals surface area contributed by atoms with Crippen LogP contribution in [0.3, 0.4) is 0 Å². The van der Waals surface area contributed by atoms with Crippen LogP contribution in [0.4, 0.5) is 0 Å². The lowest BCUT2D eigenvalue weighted by Crippen LogP contribution is -2.47. The van der Waals surface area contributed by atoms with Crippen molar-refractivity contribution < 1.29 is 13.2 Å². The van der Waals surface area contributed by atoms with Gasteiger partial charge in [-0.1, -0.05) is 30.3 Å². The molecule has 0 aromatic heterocycles. The van der Waals surface area contributed by atoms with Gasteiger partial charge in [0.05, 0.1) is 19.3 Å². The minimum absolute atomic E-state index is 0.308. The molecular formula is C12H15N3O3S. The molecular weight excluding hydrogens is 266 g/mol. The largest absolute Gasteiger partial charge is 0.379 e. The van der Waals surface area contributed by atoms with Gasteiger partial charge < -0.3 is 4.74 Å². The Kier molecular flexibility index (Phi) is 4.50. The molecule has 1 aromatic rings. The van der Waals surface area contributed by atoms with Crippen molar-refractivity contribution in [3.8, 4) is 6.07 Å². The predicted octanol–water partition coefficient (Wildman–Crippen LogP) is 0.418. The van der Waals surface area contributed by atoms with Crippen molar-refractivity contribution in [3.63, 3.8) is 0 Å². The molecule has 0 spiro atoms. The minimum atomic E-state index is -3.66. The summed E-state index contributed by atoms with van der Waals surface area (Å²) in [5, 5.41) is 9.12. The number of ether oxygens (including phenoxy) is 1. The summed E-state index contributed by atoms with van der Waals surface area (Å²) in [5.41, 5.74) is 0.627. The van der Waals surface area contributed by atoms with Crippen LogP contribution in [-0.4, -0.2) is 39.0 Å². The summed E-state index contributed by atoms with van der Waals surface area (Å²) < 4.78 is 33.1. The van der Waals surface area contributed by atoms with E-state index in [0.717, 1.165) is 0 Å². The van der Waals surface area contributed by atoms with Crippen LogP contribution in [-0.2, 0) is 14.9 Å². The fraction of sp³-hybridized carbons (Fsp3) is 0.417. The zero-order valence-corrected chi connectivity index (χ0v) is 11.1. The average Bonchev–Trinajstić information content (AvgIpc) is 2.47. The van der Waals surface area contributed by atoms with E-state index in [2.05, 4.69) is 4.72 Å². The molecule has 1 atom stereocenters. The van der Waals surface area contributed by atoms with Gasteiger partial charge in [0.2, 0.25) is 0 Å². The lowest BCUT2D eigenvalue weighted by molar-refractivity contribution is 0.0724. The monoisotopic (exact) mass is 281 g/mol. The third-order valence-electron chi connectivity index (χ3n) is 2.84. The van der Waals surface area contributed by atoms with E-state index in [-0.39, 0.29) is 0 Å². The van der Waals surface area contributed by atoms with Gasteiger partial charge in [0.1, 0.15) is 6.04 Å². The van der Waals surface area contributed by atoms with E-state index in [4.69, 9.17) is 10.00 Å². The highest BCUT2D eigenvalue weighted by molar-refractivity contribution is 7.87. The van der Waals surface area contributed by atoms with Crippen LogP contribution in [0, 0.1) is 11.3 Å². The molecule has 0 radical (unpaired) electrons. The Morgan fingerprint density at radius 3 is 2.47 bits per heavy atom. The van der Waals surface area contributed by atoms with Crippen LogP contribution in [0.5, 0.6) is 0 Å². The van der Waals surface area contributed by atoms with Gasteiger partial charge in [-0.3, -0.25) is 0 Å². The SMILES string of the molecule is N#CC(NS(=O)(=O)N1CCOCC1)c1ccccc1. The average molecular weight is 281 g/mol. The number of nitrogens with zero attached hydrogens (tertiary/aromatic N) is 2. The van der Waals surface area contributed by atoms with Gasteiger partial charge in [0.25, 0.3) is 10.2 Å². The molecule has 102 valence electrons. The molecule has 0 aliphatic carbocycles. The van der Waals surface area contributed by atoms with E-state index in [0.29, 0.717) is 31.9 Å². The van der Waals surface area contributed by atoms with Crippen molar-refractivity contribution in [2.24, 2.45) is 0 Å². The highest BCUT2D eigenvalue weighted by atomic mass is 32.2. The van der Waals surface area contributed by atoms with Crippen LogP contribution in [0.1, 0.15) is 11.6 Å². The standard InChI is InChI=1S/C12H15N3O3S/c13-10-12(11-4-2-1-3-5-11)14-19(16,17)15-6-8-18-9-7-15/h1-5,12,14H,6-9H2. The zero-order valence-electron chi connectivity index (χ0n) is 10.3. The molecule has 2 rings (SSSR count). The lowest BCUT2D eigenvalue weighted by Gasteiger charge is -2.27. The van der Waals surface area contributed by atoms with E-state index in [9.17, 15) is 8.42 Å².